The summed E-state index contributed by atoms with van der Waals surface area (Å²) in [4.78, 5) is 20.8. The minimum absolute atomic E-state index is 0.0733. The highest BCUT2D eigenvalue weighted by molar-refractivity contribution is 8.00. The summed E-state index contributed by atoms with van der Waals surface area (Å²) >= 11 is 1.34. The second-order valence-electron chi connectivity index (χ2n) is 5.19. The van der Waals surface area contributed by atoms with Gasteiger partial charge in [-0.3, -0.25) is 4.79 Å². The summed E-state index contributed by atoms with van der Waals surface area (Å²) in [5.74, 6) is -0.0733. The lowest BCUT2D eigenvalue weighted by Crippen LogP contribution is -2.23. The molecule has 1 heterocycles. The van der Waals surface area contributed by atoms with Gasteiger partial charge in [-0.2, -0.15) is 0 Å². The number of nitrogens with zero attached hydrogens (tertiary/aromatic N) is 2. The Balaban J connectivity index is 1.75. The van der Waals surface area contributed by atoms with E-state index >= 15 is 0 Å². The zero-order chi connectivity index (χ0) is 16.8. The molecular formula is C19H17N3OS. The van der Waals surface area contributed by atoms with Crippen LogP contribution < -0.4 is 5.32 Å². The van der Waals surface area contributed by atoms with Gasteiger partial charge in [0.2, 0.25) is 5.91 Å². The van der Waals surface area contributed by atoms with Crippen molar-refractivity contribution < 1.29 is 4.79 Å². The van der Waals surface area contributed by atoms with Gasteiger partial charge in [-0.15, -0.1) is 0 Å². The van der Waals surface area contributed by atoms with Crippen molar-refractivity contribution in [1.82, 2.24) is 9.97 Å². The van der Waals surface area contributed by atoms with Crippen molar-refractivity contribution in [2.24, 2.45) is 0 Å². The Morgan fingerprint density at radius 3 is 2.38 bits per heavy atom. The number of para-hydroxylation sites is 1. The number of carbonyl (C=O) groups is 1. The summed E-state index contributed by atoms with van der Waals surface area (Å²) in [5, 5.41) is 3.31. The minimum atomic E-state index is -0.295. The van der Waals surface area contributed by atoms with E-state index in [1.165, 1.54) is 11.8 Å². The molecule has 1 atom stereocenters. The number of nitrogens with one attached hydrogen (secondary N) is 1. The molecule has 3 aromatic rings. The van der Waals surface area contributed by atoms with Gasteiger partial charge in [-0.25, -0.2) is 9.97 Å². The molecule has 5 heteroatoms. The second kappa shape index (κ2) is 7.75. The van der Waals surface area contributed by atoms with Crippen molar-refractivity contribution in [2.45, 2.75) is 17.3 Å². The van der Waals surface area contributed by atoms with Crippen LogP contribution >= 0.6 is 11.8 Å². The van der Waals surface area contributed by atoms with Crippen molar-refractivity contribution in [1.29, 1.82) is 0 Å². The Bertz CT molecular complexity index is 809. The molecule has 0 spiro atoms. The maximum absolute atomic E-state index is 12.5. The highest BCUT2D eigenvalue weighted by Gasteiger charge is 2.17. The highest BCUT2D eigenvalue weighted by atomic mass is 32.2. The Labute approximate surface area is 145 Å². The fourth-order valence-electron chi connectivity index (χ4n) is 2.25. The molecule has 0 fully saturated rings. The average Bonchev–Trinajstić information content (AvgIpc) is 2.63. The number of amides is 1. The summed E-state index contributed by atoms with van der Waals surface area (Å²) < 4.78 is 0. The average molecular weight is 335 g/mol. The zero-order valence-electron chi connectivity index (χ0n) is 13.2. The number of thioether (sulfide) groups is 1. The fraction of sp³-hybridized carbons (Fsp3) is 0.105. The maximum atomic E-state index is 12.5. The molecule has 0 unspecified atom stereocenters. The van der Waals surface area contributed by atoms with E-state index in [1.807, 2.05) is 61.5 Å². The molecule has 0 saturated heterocycles. The fourth-order valence-corrected chi connectivity index (χ4v) is 2.98. The van der Waals surface area contributed by atoms with Gasteiger partial charge < -0.3 is 5.32 Å². The molecule has 0 aliphatic heterocycles. The third-order valence-electron chi connectivity index (χ3n) is 3.46. The molecule has 3 rings (SSSR count). The summed E-state index contributed by atoms with van der Waals surface area (Å²) in [6, 6.07) is 19.6. The lowest BCUT2D eigenvalue weighted by Gasteiger charge is -2.14. The largest absolute Gasteiger partial charge is 0.325 e. The number of rotatable bonds is 5. The van der Waals surface area contributed by atoms with E-state index in [-0.39, 0.29) is 11.2 Å². The molecule has 120 valence electrons. The first-order valence-electron chi connectivity index (χ1n) is 7.63. The number of anilines is 1. The number of benzene rings is 2. The van der Waals surface area contributed by atoms with E-state index in [4.69, 9.17) is 0 Å². The van der Waals surface area contributed by atoms with Crippen LogP contribution in [-0.4, -0.2) is 21.1 Å². The summed E-state index contributed by atoms with van der Waals surface area (Å²) in [6.45, 7) is 1.85. The van der Waals surface area contributed by atoms with E-state index in [0.29, 0.717) is 5.16 Å². The van der Waals surface area contributed by atoms with Crippen molar-refractivity contribution >= 4 is 23.4 Å². The maximum Gasteiger partial charge on any atom is 0.237 e. The standard InChI is InChI=1S/C19H17N3OS/c1-14(24-19-20-12-7-13-21-19)18(23)22-17-11-6-5-10-16(17)15-8-3-2-4-9-15/h2-14H,1H3,(H,22,23)/t14-/m0/s1. The Kier molecular flexibility index (Phi) is 5.23. The van der Waals surface area contributed by atoms with Gasteiger partial charge in [0.1, 0.15) is 0 Å². The molecule has 0 radical (unpaired) electrons. The van der Waals surface area contributed by atoms with Crippen molar-refractivity contribution in [2.75, 3.05) is 5.32 Å². The Hall–Kier alpha value is -2.66. The van der Waals surface area contributed by atoms with E-state index in [9.17, 15) is 4.79 Å². The van der Waals surface area contributed by atoms with Crippen LogP contribution in [0.4, 0.5) is 5.69 Å². The molecule has 0 aliphatic carbocycles. The summed E-state index contributed by atoms with van der Waals surface area (Å²) in [5.41, 5.74) is 2.87. The molecule has 2 aromatic carbocycles. The van der Waals surface area contributed by atoms with E-state index < -0.39 is 0 Å². The smallest absolute Gasteiger partial charge is 0.237 e. The first-order chi connectivity index (χ1) is 11.7. The van der Waals surface area contributed by atoms with Crippen LogP contribution in [0.3, 0.4) is 0 Å². The topological polar surface area (TPSA) is 54.9 Å². The second-order valence-corrected chi connectivity index (χ2v) is 6.50. The normalized spacial score (nSPS) is 11.7. The summed E-state index contributed by atoms with van der Waals surface area (Å²) in [7, 11) is 0. The predicted octanol–water partition coefficient (Wildman–Crippen LogP) is 4.26. The van der Waals surface area contributed by atoms with E-state index in [0.717, 1.165) is 16.8 Å². The van der Waals surface area contributed by atoms with Gasteiger partial charge in [0.15, 0.2) is 5.16 Å². The molecule has 1 N–H and O–H groups in total. The Morgan fingerprint density at radius 1 is 0.958 bits per heavy atom. The van der Waals surface area contributed by atoms with Gasteiger partial charge in [0.25, 0.3) is 0 Å². The van der Waals surface area contributed by atoms with Crippen LogP contribution in [0.1, 0.15) is 6.92 Å². The molecule has 24 heavy (non-hydrogen) atoms. The lowest BCUT2D eigenvalue weighted by molar-refractivity contribution is -0.115. The van der Waals surface area contributed by atoms with Crippen LogP contribution in [0.15, 0.2) is 78.2 Å². The first-order valence-corrected chi connectivity index (χ1v) is 8.51. The van der Waals surface area contributed by atoms with Crippen LogP contribution in [0.2, 0.25) is 0 Å². The van der Waals surface area contributed by atoms with Gasteiger partial charge in [-0.05, 0) is 24.6 Å². The van der Waals surface area contributed by atoms with Gasteiger partial charge in [-0.1, -0.05) is 60.3 Å². The van der Waals surface area contributed by atoms with E-state index in [1.54, 1.807) is 18.5 Å². The van der Waals surface area contributed by atoms with Gasteiger partial charge in [0.05, 0.1) is 5.25 Å². The molecule has 4 nitrogen and oxygen atoms in total. The Morgan fingerprint density at radius 2 is 1.62 bits per heavy atom. The van der Waals surface area contributed by atoms with Gasteiger partial charge in [0, 0.05) is 23.6 Å². The van der Waals surface area contributed by atoms with Crippen molar-refractivity contribution in [3.63, 3.8) is 0 Å². The minimum Gasteiger partial charge on any atom is -0.325 e. The molecule has 0 bridgehead atoms. The SMILES string of the molecule is C[C@H](Sc1ncccn1)C(=O)Nc1ccccc1-c1ccccc1. The highest BCUT2D eigenvalue weighted by Crippen LogP contribution is 2.28. The first kappa shape index (κ1) is 16.2. The molecule has 0 saturated carbocycles. The van der Waals surface area contributed by atoms with Crippen molar-refractivity contribution in [3.8, 4) is 11.1 Å². The number of hydrogen-bond acceptors (Lipinski definition) is 4. The lowest BCUT2D eigenvalue weighted by atomic mass is 10.0. The molecule has 0 aliphatic rings. The van der Waals surface area contributed by atoms with Gasteiger partial charge >= 0.3 is 0 Å². The third kappa shape index (κ3) is 4.00. The van der Waals surface area contributed by atoms with Crippen LogP contribution in [0.5, 0.6) is 0 Å². The molecule has 1 amide bonds. The zero-order valence-corrected chi connectivity index (χ0v) is 14.0. The van der Waals surface area contributed by atoms with Crippen LogP contribution in [-0.2, 0) is 4.79 Å². The van der Waals surface area contributed by atoms with E-state index in [2.05, 4.69) is 15.3 Å². The van der Waals surface area contributed by atoms with Crippen LogP contribution in [0, 0.1) is 0 Å². The monoisotopic (exact) mass is 335 g/mol. The third-order valence-corrected chi connectivity index (χ3v) is 4.45. The predicted molar refractivity (Wildman–Crippen MR) is 97.9 cm³/mol. The van der Waals surface area contributed by atoms with Crippen LogP contribution in [0.25, 0.3) is 11.1 Å². The summed E-state index contributed by atoms with van der Waals surface area (Å²) in [6.07, 6.45) is 3.34. The van der Waals surface area contributed by atoms with Crippen molar-refractivity contribution in [3.05, 3.63) is 73.1 Å². The number of carbonyl (C=O) groups excluding carboxylic acids is 1. The quantitative estimate of drug-likeness (QED) is 0.559. The molecular weight excluding hydrogens is 318 g/mol. The number of aromatic nitrogens is 2. The molecule has 1 aromatic heterocycles. The number of hydrogen-bond donors (Lipinski definition) is 1.